The van der Waals surface area contributed by atoms with Gasteiger partial charge in [-0.2, -0.15) is 0 Å². The molecule has 0 aliphatic heterocycles. The Balaban J connectivity index is 2.26. The summed E-state index contributed by atoms with van der Waals surface area (Å²) in [6.07, 6.45) is 7.80. The first-order chi connectivity index (χ1) is 8.20. The van der Waals surface area contributed by atoms with E-state index in [2.05, 4.69) is 32.1 Å². The fraction of sp³-hybridized carbons (Fsp3) is 0.500. The molecule has 1 heteroatoms. The van der Waals surface area contributed by atoms with E-state index >= 15 is 0 Å². The van der Waals surface area contributed by atoms with Crippen LogP contribution >= 0.6 is 0 Å². The number of hydrogen-bond acceptors (Lipinski definition) is 1. The molecule has 0 amide bonds. The Morgan fingerprint density at radius 3 is 2.76 bits per heavy atom. The Morgan fingerprint density at radius 2 is 1.94 bits per heavy atom. The van der Waals surface area contributed by atoms with E-state index in [1.807, 2.05) is 6.07 Å². The maximum atomic E-state index is 10.5. The van der Waals surface area contributed by atoms with E-state index < -0.39 is 6.10 Å². The van der Waals surface area contributed by atoms with Crippen LogP contribution in [0.15, 0.2) is 29.8 Å². The number of benzene rings is 1. The normalized spacial score (nSPS) is 18.4. The predicted octanol–water partition coefficient (Wildman–Crippen LogP) is 4.23. The van der Waals surface area contributed by atoms with Crippen molar-refractivity contribution in [3.8, 4) is 0 Å². The van der Waals surface area contributed by atoms with Gasteiger partial charge in [-0.1, -0.05) is 30.7 Å². The Bertz CT molecular complexity index is 418. The maximum Gasteiger partial charge on any atom is 0.100 e. The molecular weight excluding hydrogens is 208 g/mol. The van der Waals surface area contributed by atoms with Crippen molar-refractivity contribution in [1.82, 2.24) is 0 Å². The van der Waals surface area contributed by atoms with Crippen LogP contribution in [-0.2, 0) is 0 Å². The zero-order chi connectivity index (χ0) is 12.3. The molecule has 92 valence electrons. The van der Waals surface area contributed by atoms with E-state index in [1.54, 1.807) is 0 Å². The zero-order valence-electron chi connectivity index (χ0n) is 10.9. The largest absolute Gasteiger partial charge is 0.384 e. The highest BCUT2D eigenvalue weighted by Gasteiger charge is 2.16. The van der Waals surface area contributed by atoms with Gasteiger partial charge in [0.1, 0.15) is 6.10 Å². The smallest absolute Gasteiger partial charge is 0.100 e. The van der Waals surface area contributed by atoms with Crippen LogP contribution in [0.5, 0.6) is 0 Å². The number of hydrogen-bond donors (Lipinski definition) is 1. The van der Waals surface area contributed by atoms with Gasteiger partial charge in [-0.15, -0.1) is 0 Å². The third-order valence-corrected chi connectivity index (χ3v) is 3.87. The molecule has 0 spiro atoms. The second kappa shape index (κ2) is 5.50. The number of aliphatic hydroxyl groups excluding tert-OH is 1. The van der Waals surface area contributed by atoms with Crippen molar-refractivity contribution in [3.05, 3.63) is 46.5 Å². The van der Waals surface area contributed by atoms with Crippen molar-refractivity contribution in [1.29, 1.82) is 0 Å². The maximum absolute atomic E-state index is 10.5. The van der Waals surface area contributed by atoms with Gasteiger partial charge in [-0.05, 0) is 61.8 Å². The molecule has 2 rings (SSSR count). The van der Waals surface area contributed by atoms with Gasteiger partial charge in [0.15, 0.2) is 0 Å². The summed E-state index contributed by atoms with van der Waals surface area (Å²) in [4.78, 5) is 0. The molecule has 1 N–H and O–H groups in total. The van der Waals surface area contributed by atoms with E-state index in [0.717, 1.165) is 18.4 Å². The molecule has 17 heavy (non-hydrogen) atoms. The van der Waals surface area contributed by atoms with E-state index in [9.17, 15) is 5.11 Å². The molecular formula is C16H22O. The van der Waals surface area contributed by atoms with Crippen LogP contribution in [0.3, 0.4) is 0 Å². The SMILES string of the molecule is Cc1cccc(C(O)C2=CCCCCC2)c1C. The molecule has 1 atom stereocenters. The first-order valence-corrected chi connectivity index (χ1v) is 6.63. The van der Waals surface area contributed by atoms with E-state index in [1.165, 1.54) is 36.0 Å². The molecule has 0 radical (unpaired) electrons. The molecule has 1 aliphatic carbocycles. The van der Waals surface area contributed by atoms with Gasteiger partial charge in [0, 0.05) is 0 Å². The lowest BCUT2D eigenvalue weighted by Crippen LogP contribution is -2.04. The van der Waals surface area contributed by atoms with Gasteiger partial charge >= 0.3 is 0 Å². The molecule has 0 saturated heterocycles. The average Bonchev–Trinajstić information content (AvgIpc) is 2.60. The molecule has 0 saturated carbocycles. The quantitative estimate of drug-likeness (QED) is 0.754. The number of allylic oxidation sites excluding steroid dienone is 1. The molecule has 0 bridgehead atoms. The summed E-state index contributed by atoms with van der Waals surface area (Å²) in [5, 5.41) is 10.5. The number of aliphatic hydroxyl groups is 1. The summed E-state index contributed by atoms with van der Waals surface area (Å²) < 4.78 is 0. The minimum absolute atomic E-state index is 0.395. The van der Waals surface area contributed by atoms with Crippen LogP contribution in [0, 0.1) is 13.8 Å². The summed E-state index contributed by atoms with van der Waals surface area (Å²) in [6.45, 7) is 4.21. The predicted molar refractivity (Wildman–Crippen MR) is 72.0 cm³/mol. The molecule has 1 aromatic rings. The van der Waals surface area contributed by atoms with E-state index in [0.29, 0.717) is 0 Å². The zero-order valence-corrected chi connectivity index (χ0v) is 10.9. The first-order valence-electron chi connectivity index (χ1n) is 6.63. The Labute approximate surface area is 104 Å². The van der Waals surface area contributed by atoms with Crippen molar-refractivity contribution in [3.63, 3.8) is 0 Å². The Hall–Kier alpha value is -1.08. The van der Waals surface area contributed by atoms with Crippen LogP contribution in [0.2, 0.25) is 0 Å². The number of aryl methyl sites for hydroxylation is 1. The molecule has 1 aromatic carbocycles. The molecule has 0 heterocycles. The topological polar surface area (TPSA) is 20.2 Å². The van der Waals surface area contributed by atoms with Crippen molar-refractivity contribution in [2.45, 2.75) is 52.1 Å². The summed E-state index contributed by atoms with van der Waals surface area (Å²) in [7, 11) is 0. The molecule has 0 aromatic heterocycles. The lowest BCUT2D eigenvalue weighted by molar-refractivity contribution is 0.210. The second-order valence-corrected chi connectivity index (χ2v) is 5.07. The van der Waals surface area contributed by atoms with Gasteiger partial charge in [0.2, 0.25) is 0 Å². The van der Waals surface area contributed by atoms with Gasteiger partial charge in [-0.25, -0.2) is 0 Å². The van der Waals surface area contributed by atoms with Crippen LogP contribution in [-0.4, -0.2) is 5.11 Å². The fourth-order valence-corrected chi connectivity index (χ4v) is 2.56. The van der Waals surface area contributed by atoms with Crippen molar-refractivity contribution >= 4 is 0 Å². The van der Waals surface area contributed by atoms with Crippen LogP contribution in [0.1, 0.15) is 54.9 Å². The molecule has 1 nitrogen and oxygen atoms in total. The van der Waals surface area contributed by atoms with Gasteiger partial charge in [-0.3, -0.25) is 0 Å². The second-order valence-electron chi connectivity index (χ2n) is 5.07. The van der Waals surface area contributed by atoms with Crippen LogP contribution in [0.4, 0.5) is 0 Å². The third kappa shape index (κ3) is 2.78. The minimum atomic E-state index is -0.395. The van der Waals surface area contributed by atoms with E-state index in [-0.39, 0.29) is 0 Å². The van der Waals surface area contributed by atoms with Crippen molar-refractivity contribution in [2.75, 3.05) is 0 Å². The van der Waals surface area contributed by atoms with Crippen LogP contribution in [0.25, 0.3) is 0 Å². The highest BCUT2D eigenvalue weighted by Crippen LogP contribution is 2.31. The lowest BCUT2D eigenvalue weighted by Gasteiger charge is -2.18. The molecule has 1 aliphatic rings. The number of rotatable bonds is 2. The van der Waals surface area contributed by atoms with E-state index in [4.69, 9.17) is 0 Å². The lowest BCUT2D eigenvalue weighted by atomic mass is 9.92. The third-order valence-electron chi connectivity index (χ3n) is 3.87. The summed E-state index contributed by atoms with van der Waals surface area (Å²) in [6, 6.07) is 6.20. The summed E-state index contributed by atoms with van der Waals surface area (Å²) >= 11 is 0. The standard InChI is InChI=1S/C16H22O/c1-12-8-7-11-15(13(12)2)16(17)14-9-5-3-4-6-10-14/h7-9,11,16-17H,3-6,10H2,1-2H3. The average molecular weight is 230 g/mol. The van der Waals surface area contributed by atoms with Gasteiger partial charge in [0.25, 0.3) is 0 Å². The fourth-order valence-electron chi connectivity index (χ4n) is 2.56. The minimum Gasteiger partial charge on any atom is -0.384 e. The van der Waals surface area contributed by atoms with Crippen molar-refractivity contribution in [2.24, 2.45) is 0 Å². The van der Waals surface area contributed by atoms with Crippen molar-refractivity contribution < 1.29 is 5.11 Å². The molecule has 0 fully saturated rings. The Morgan fingerprint density at radius 1 is 1.12 bits per heavy atom. The summed E-state index contributed by atoms with van der Waals surface area (Å²) in [5.41, 5.74) is 4.79. The highest BCUT2D eigenvalue weighted by atomic mass is 16.3. The van der Waals surface area contributed by atoms with Crippen LogP contribution < -0.4 is 0 Å². The summed E-state index contributed by atoms with van der Waals surface area (Å²) in [5.74, 6) is 0. The monoisotopic (exact) mass is 230 g/mol. The molecule has 1 unspecified atom stereocenters. The first kappa shape index (κ1) is 12.4. The Kier molecular flexibility index (Phi) is 4.01. The highest BCUT2D eigenvalue weighted by molar-refractivity contribution is 5.38. The van der Waals surface area contributed by atoms with Gasteiger partial charge in [0.05, 0.1) is 0 Å². The van der Waals surface area contributed by atoms with Gasteiger partial charge < -0.3 is 5.11 Å².